The minimum atomic E-state index is -0.167. The van der Waals surface area contributed by atoms with E-state index in [9.17, 15) is 4.79 Å². The van der Waals surface area contributed by atoms with E-state index in [1.165, 1.54) is 0 Å². The Morgan fingerprint density at radius 2 is 2.15 bits per heavy atom. The van der Waals surface area contributed by atoms with Crippen LogP contribution in [-0.4, -0.2) is 49.6 Å². The quantitative estimate of drug-likeness (QED) is 0.714. The van der Waals surface area contributed by atoms with Gasteiger partial charge in [-0.05, 0) is 12.5 Å². The molecular weight excluding hydrogens is 258 g/mol. The first-order valence-corrected chi connectivity index (χ1v) is 6.61. The average Bonchev–Trinajstić information content (AvgIpc) is 2.90. The molecule has 0 aliphatic heterocycles. The zero-order valence-electron chi connectivity index (χ0n) is 11.5. The highest BCUT2D eigenvalue weighted by atomic mass is 16.5. The number of hydrogen-bond donors (Lipinski definition) is 2. The second-order valence-corrected chi connectivity index (χ2v) is 4.33. The standard InChI is InChI=1S/C14H19N3O3/c1-19-9-10-20-8-4-7-15-14(18)13-11-5-2-3-6-12(11)16-17-13/h2-3,5-6H,4,7-10H2,1H3,(H,15,18)(H,16,17). The van der Waals surface area contributed by atoms with Crippen LogP contribution < -0.4 is 5.32 Å². The van der Waals surface area contributed by atoms with Crippen LogP contribution in [0.3, 0.4) is 0 Å². The van der Waals surface area contributed by atoms with E-state index in [1.807, 2.05) is 24.3 Å². The monoisotopic (exact) mass is 277 g/mol. The van der Waals surface area contributed by atoms with Crippen LogP contribution in [0.4, 0.5) is 0 Å². The highest BCUT2D eigenvalue weighted by Gasteiger charge is 2.12. The van der Waals surface area contributed by atoms with E-state index < -0.39 is 0 Å². The van der Waals surface area contributed by atoms with Gasteiger partial charge in [0.05, 0.1) is 18.7 Å². The van der Waals surface area contributed by atoms with Gasteiger partial charge in [-0.15, -0.1) is 0 Å². The van der Waals surface area contributed by atoms with E-state index in [0.29, 0.717) is 32.1 Å². The highest BCUT2D eigenvalue weighted by molar-refractivity contribution is 6.04. The van der Waals surface area contributed by atoms with Crippen molar-refractivity contribution in [2.45, 2.75) is 6.42 Å². The molecule has 0 bridgehead atoms. The number of hydrogen-bond acceptors (Lipinski definition) is 4. The summed E-state index contributed by atoms with van der Waals surface area (Å²) < 4.78 is 10.2. The number of carbonyl (C=O) groups is 1. The first kappa shape index (κ1) is 14.5. The largest absolute Gasteiger partial charge is 0.382 e. The van der Waals surface area contributed by atoms with Gasteiger partial charge in [-0.2, -0.15) is 5.10 Å². The van der Waals surface area contributed by atoms with Crippen LogP contribution in [0.2, 0.25) is 0 Å². The smallest absolute Gasteiger partial charge is 0.272 e. The summed E-state index contributed by atoms with van der Waals surface area (Å²) in [6.07, 6.45) is 0.762. The van der Waals surface area contributed by atoms with Crippen molar-refractivity contribution in [3.05, 3.63) is 30.0 Å². The molecule has 1 amide bonds. The third kappa shape index (κ3) is 3.79. The molecule has 0 fully saturated rings. The van der Waals surface area contributed by atoms with Gasteiger partial charge < -0.3 is 14.8 Å². The van der Waals surface area contributed by atoms with Gasteiger partial charge in [-0.3, -0.25) is 9.89 Å². The van der Waals surface area contributed by atoms with Gasteiger partial charge in [0, 0.05) is 25.6 Å². The molecule has 108 valence electrons. The van der Waals surface area contributed by atoms with E-state index in [4.69, 9.17) is 9.47 Å². The number of benzene rings is 1. The lowest BCUT2D eigenvalue weighted by Crippen LogP contribution is -2.25. The maximum Gasteiger partial charge on any atom is 0.272 e. The lowest BCUT2D eigenvalue weighted by molar-refractivity contribution is 0.0688. The van der Waals surface area contributed by atoms with Crippen molar-refractivity contribution < 1.29 is 14.3 Å². The van der Waals surface area contributed by atoms with Crippen molar-refractivity contribution in [3.63, 3.8) is 0 Å². The summed E-state index contributed by atoms with van der Waals surface area (Å²) in [5.41, 5.74) is 1.29. The maximum atomic E-state index is 12.0. The summed E-state index contributed by atoms with van der Waals surface area (Å²) in [6.45, 7) is 2.33. The molecule has 0 atom stereocenters. The number of amides is 1. The average molecular weight is 277 g/mol. The van der Waals surface area contributed by atoms with Crippen LogP contribution in [0, 0.1) is 0 Å². The number of nitrogens with one attached hydrogen (secondary N) is 2. The zero-order chi connectivity index (χ0) is 14.2. The number of rotatable bonds is 8. The highest BCUT2D eigenvalue weighted by Crippen LogP contribution is 2.14. The molecule has 0 spiro atoms. The van der Waals surface area contributed by atoms with Gasteiger partial charge >= 0.3 is 0 Å². The second-order valence-electron chi connectivity index (χ2n) is 4.33. The molecule has 0 saturated carbocycles. The fourth-order valence-electron chi connectivity index (χ4n) is 1.84. The van der Waals surface area contributed by atoms with Gasteiger partial charge in [0.2, 0.25) is 0 Å². The Morgan fingerprint density at radius 3 is 3.00 bits per heavy atom. The Kier molecular flexibility index (Phi) is 5.52. The molecule has 2 rings (SSSR count). The molecule has 0 radical (unpaired) electrons. The number of fused-ring (bicyclic) bond motifs is 1. The number of aromatic nitrogens is 2. The van der Waals surface area contributed by atoms with Crippen LogP contribution in [0.5, 0.6) is 0 Å². The maximum absolute atomic E-state index is 12.0. The lowest BCUT2D eigenvalue weighted by atomic mass is 10.2. The van der Waals surface area contributed by atoms with Crippen molar-refractivity contribution in [1.29, 1.82) is 0 Å². The summed E-state index contributed by atoms with van der Waals surface area (Å²) >= 11 is 0. The Labute approximate surface area is 117 Å². The van der Waals surface area contributed by atoms with Crippen molar-refractivity contribution in [2.24, 2.45) is 0 Å². The Hall–Kier alpha value is -1.92. The van der Waals surface area contributed by atoms with Crippen molar-refractivity contribution in [1.82, 2.24) is 15.5 Å². The first-order chi connectivity index (χ1) is 9.83. The van der Waals surface area contributed by atoms with Crippen LogP contribution in [0.1, 0.15) is 16.9 Å². The first-order valence-electron chi connectivity index (χ1n) is 6.61. The van der Waals surface area contributed by atoms with Crippen LogP contribution in [-0.2, 0) is 9.47 Å². The summed E-state index contributed by atoms with van der Waals surface area (Å²) in [6, 6.07) is 7.56. The topological polar surface area (TPSA) is 76.2 Å². The van der Waals surface area contributed by atoms with Gasteiger partial charge in [0.1, 0.15) is 0 Å². The molecule has 0 saturated heterocycles. The summed E-state index contributed by atoms with van der Waals surface area (Å²) in [5, 5.41) is 10.6. The van der Waals surface area contributed by atoms with Crippen molar-refractivity contribution in [3.8, 4) is 0 Å². The van der Waals surface area contributed by atoms with Crippen LogP contribution in [0.25, 0.3) is 10.9 Å². The Bertz CT molecular complexity index is 553. The van der Waals surface area contributed by atoms with E-state index in [-0.39, 0.29) is 5.91 Å². The van der Waals surface area contributed by atoms with E-state index in [2.05, 4.69) is 15.5 Å². The van der Waals surface area contributed by atoms with E-state index >= 15 is 0 Å². The lowest BCUT2D eigenvalue weighted by Gasteiger charge is -2.05. The van der Waals surface area contributed by atoms with Gasteiger partial charge in [-0.1, -0.05) is 18.2 Å². The molecule has 6 nitrogen and oxygen atoms in total. The fourth-order valence-corrected chi connectivity index (χ4v) is 1.84. The minimum Gasteiger partial charge on any atom is -0.382 e. The number of nitrogens with zero attached hydrogens (tertiary/aromatic N) is 1. The molecule has 20 heavy (non-hydrogen) atoms. The van der Waals surface area contributed by atoms with Gasteiger partial charge in [-0.25, -0.2) is 0 Å². The number of aromatic amines is 1. The number of H-pyrrole nitrogens is 1. The van der Waals surface area contributed by atoms with Crippen LogP contribution >= 0.6 is 0 Å². The zero-order valence-corrected chi connectivity index (χ0v) is 11.5. The third-order valence-corrected chi connectivity index (χ3v) is 2.87. The van der Waals surface area contributed by atoms with E-state index in [1.54, 1.807) is 7.11 Å². The normalized spacial score (nSPS) is 10.8. The van der Waals surface area contributed by atoms with Crippen molar-refractivity contribution in [2.75, 3.05) is 33.5 Å². The molecule has 2 aromatic rings. The molecule has 1 heterocycles. The molecule has 1 aromatic carbocycles. The number of para-hydroxylation sites is 1. The predicted octanol–water partition coefficient (Wildman–Crippen LogP) is 1.35. The molecule has 0 aliphatic carbocycles. The second kappa shape index (κ2) is 7.62. The SMILES string of the molecule is COCCOCCCNC(=O)c1n[nH]c2ccccc12. The molecule has 0 aliphatic rings. The fraction of sp³-hybridized carbons (Fsp3) is 0.429. The summed E-state index contributed by atoms with van der Waals surface area (Å²) in [7, 11) is 1.64. The molecular formula is C14H19N3O3. The Balaban J connectivity index is 1.75. The van der Waals surface area contributed by atoms with Gasteiger partial charge in [0.15, 0.2) is 5.69 Å². The minimum absolute atomic E-state index is 0.167. The summed E-state index contributed by atoms with van der Waals surface area (Å²) in [5.74, 6) is -0.167. The molecule has 2 N–H and O–H groups in total. The Morgan fingerprint density at radius 1 is 1.30 bits per heavy atom. The number of methoxy groups -OCH3 is 1. The number of carbonyl (C=O) groups excluding carboxylic acids is 1. The third-order valence-electron chi connectivity index (χ3n) is 2.87. The van der Waals surface area contributed by atoms with Crippen LogP contribution in [0.15, 0.2) is 24.3 Å². The predicted molar refractivity (Wildman–Crippen MR) is 75.7 cm³/mol. The van der Waals surface area contributed by atoms with E-state index in [0.717, 1.165) is 17.3 Å². The van der Waals surface area contributed by atoms with Crippen molar-refractivity contribution >= 4 is 16.8 Å². The molecule has 0 unspecified atom stereocenters. The van der Waals surface area contributed by atoms with Gasteiger partial charge in [0.25, 0.3) is 5.91 Å². The number of ether oxygens (including phenoxy) is 2. The molecule has 1 aromatic heterocycles. The summed E-state index contributed by atoms with van der Waals surface area (Å²) in [4.78, 5) is 12.0. The molecule has 6 heteroatoms.